The van der Waals surface area contributed by atoms with Crippen LogP contribution in [0.1, 0.15) is 0 Å². The molecular weight excluding hydrogens is 212 g/mol. The molecule has 0 saturated heterocycles. The van der Waals surface area contributed by atoms with Gasteiger partial charge in [0.1, 0.15) is 0 Å². The number of thioether (sulfide) groups is 1. The molecule has 0 aliphatic rings. The number of carboxylic acid groups (broad SMARTS) is 1. The first-order valence-corrected chi connectivity index (χ1v) is 4.75. The zero-order valence-corrected chi connectivity index (χ0v) is 8.52. The molecule has 0 aliphatic heterocycles. The smallest absolute Gasteiger partial charge is 0.356 e. The Balaban J connectivity index is 4.92. The van der Waals surface area contributed by atoms with Crippen molar-refractivity contribution in [3.63, 3.8) is 0 Å². The first-order chi connectivity index (χ1) is 6.02. The van der Waals surface area contributed by atoms with Gasteiger partial charge in [-0.15, -0.1) is 11.8 Å². The van der Waals surface area contributed by atoms with Crippen molar-refractivity contribution >= 4 is 35.0 Å². The van der Waals surface area contributed by atoms with E-state index in [9.17, 15) is 4.79 Å². The second-order valence-electron chi connectivity index (χ2n) is 1.88. The Hall–Kier alpha value is -0.940. The van der Waals surface area contributed by atoms with Crippen LogP contribution in [-0.2, 0) is 4.79 Å². The van der Waals surface area contributed by atoms with Crippen molar-refractivity contribution < 1.29 is 9.90 Å². The molecule has 0 aromatic heterocycles. The van der Waals surface area contributed by atoms with Gasteiger partial charge in [-0.05, 0) is 6.26 Å². The number of nitrogens with zero attached hydrogens (tertiary/aromatic N) is 1. The van der Waals surface area contributed by atoms with Gasteiger partial charge >= 0.3 is 5.97 Å². The molecule has 0 saturated carbocycles. The predicted octanol–water partition coefficient (Wildman–Crippen LogP) is 1.39. The second-order valence-corrected chi connectivity index (χ2v) is 3.16. The zero-order chi connectivity index (χ0) is 10.4. The molecule has 0 bridgehead atoms. The molecule has 0 aliphatic carbocycles. The number of hydrogen-bond acceptors (Lipinski definition) is 4. The van der Waals surface area contributed by atoms with Gasteiger partial charge in [-0.2, -0.15) is 0 Å². The van der Waals surface area contributed by atoms with E-state index >= 15 is 0 Å². The van der Waals surface area contributed by atoms with E-state index in [1.54, 1.807) is 6.26 Å². The highest BCUT2D eigenvalue weighted by atomic mass is 35.5. The summed E-state index contributed by atoms with van der Waals surface area (Å²) in [6, 6.07) is 0. The molecule has 0 fully saturated rings. The summed E-state index contributed by atoms with van der Waals surface area (Å²) in [6.07, 6.45) is 2.70. The van der Waals surface area contributed by atoms with Gasteiger partial charge in [-0.1, -0.05) is 18.2 Å². The molecule has 72 valence electrons. The van der Waals surface area contributed by atoms with Gasteiger partial charge in [0.05, 0.1) is 10.1 Å². The summed E-state index contributed by atoms with van der Waals surface area (Å²) in [4.78, 5) is 14.3. The summed E-state index contributed by atoms with van der Waals surface area (Å²) in [7, 11) is 0. The summed E-state index contributed by atoms with van der Waals surface area (Å²) in [5, 5.41) is 8.91. The topological polar surface area (TPSA) is 75.7 Å². The number of carboxylic acids is 1. The average Bonchev–Trinajstić information content (AvgIpc) is 2.11. The molecule has 0 aromatic carbocycles. The molecule has 4 nitrogen and oxygen atoms in total. The quantitative estimate of drug-likeness (QED) is 0.702. The Morgan fingerprint density at radius 3 is 2.62 bits per heavy atom. The van der Waals surface area contributed by atoms with Crippen LogP contribution in [-0.4, -0.2) is 23.0 Å². The molecule has 0 aromatic rings. The first-order valence-electron chi connectivity index (χ1n) is 3.15. The van der Waals surface area contributed by atoms with Crippen LogP contribution >= 0.6 is 23.4 Å². The average molecular weight is 221 g/mol. The number of rotatable bonds is 4. The standard InChI is InChI=1S/C7H9ClN2O2S/c1-4(13-2)10-6(7(11)12)5(8)3-9/h3H,1,9H2,2H3,(H,11,12)/b5-3+,10-6?. The lowest BCUT2D eigenvalue weighted by Gasteiger charge is -1.99. The first kappa shape index (κ1) is 12.1. The van der Waals surface area contributed by atoms with E-state index in [0.29, 0.717) is 5.03 Å². The minimum absolute atomic E-state index is 0.109. The van der Waals surface area contributed by atoms with Gasteiger partial charge in [0, 0.05) is 6.20 Å². The van der Waals surface area contributed by atoms with E-state index in [-0.39, 0.29) is 10.7 Å². The highest BCUT2D eigenvalue weighted by Gasteiger charge is 2.13. The van der Waals surface area contributed by atoms with Gasteiger partial charge in [0.25, 0.3) is 0 Å². The van der Waals surface area contributed by atoms with Gasteiger partial charge in [0.15, 0.2) is 5.71 Å². The van der Waals surface area contributed by atoms with Crippen LogP contribution in [0, 0.1) is 0 Å². The molecule has 13 heavy (non-hydrogen) atoms. The number of hydrogen-bond donors (Lipinski definition) is 2. The van der Waals surface area contributed by atoms with E-state index in [1.807, 2.05) is 0 Å². The summed E-state index contributed by atoms with van der Waals surface area (Å²) < 4.78 is 0. The van der Waals surface area contributed by atoms with Crippen LogP contribution in [0.25, 0.3) is 0 Å². The molecule has 0 rings (SSSR count). The van der Waals surface area contributed by atoms with Gasteiger partial charge in [0.2, 0.25) is 0 Å². The summed E-state index contributed by atoms with van der Waals surface area (Å²) in [5.41, 5.74) is 4.75. The highest BCUT2D eigenvalue weighted by Crippen LogP contribution is 2.13. The van der Waals surface area contributed by atoms with Crippen molar-refractivity contribution in [2.24, 2.45) is 10.7 Å². The van der Waals surface area contributed by atoms with Crippen molar-refractivity contribution in [3.8, 4) is 0 Å². The molecule has 0 heterocycles. The van der Waals surface area contributed by atoms with Crippen molar-refractivity contribution in [2.75, 3.05) is 6.26 Å². The number of nitrogens with two attached hydrogens (primary N) is 1. The lowest BCUT2D eigenvalue weighted by Crippen LogP contribution is -2.14. The normalized spacial score (nSPS) is 12.8. The van der Waals surface area contributed by atoms with E-state index in [4.69, 9.17) is 22.4 Å². The van der Waals surface area contributed by atoms with Crippen molar-refractivity contribution in [3.05, 3.63) is 22.8 Å². The lowest BCUT2D eigenvalue weighted by molar-refractivity contribution is -0.129. The number of carbonyl (C=O) groups is 1. The Morgan fingerprint density at radius 1 is 1.77 bits per heavy atom. The molecule has 0 unspecified atom stereocenters. The van der Waals surface area contributed by atoms with Crippen molar-refractivity contribution in [1.29, 1.82) is 0 Å². The van der Waals surface area contributed by atoms with Crippen LogP contribution in [0.3, 0.4) is 0 Å². The fourth-order valence-electron chi connectivity index (χ4n) is 0.453. The molecule has 0 radical (unpaired) electrons. The van der Waals surface area contributed by atoms with E-state index in [1.165, 1.54) is 11.8 Å². The van der Waals surface area contributed by atoms with Crippen LogP contribution in [0.4, 0.5) is 0 Å². The van der Waals surface area contributed by atoms with Crippen LogP contribution in [0.5, 0.6) is 0 Å². The summed E-state index contributed by atoms with van der Waals surface area (Å²) >= 11 is 6.73. The Bertz CT molecular complexity index is 286. The minimum Gasteiger partial charge on any atom is -0.476 e. The molecule has 6 heteroatoms. The molecule has 0 spiro atoms. The third-order valence-corrected chi connectivity index (χ3v) is 1.91. The number of aliphatic imine (C=N–C) groups is 1. The lowest BCUT2D eigenvalue weighted by atomic mass is 10.3. The fraction of sp³-hybridized carbons (Fsp3) is 0.143. The number of aliphatic carboxylic acids is 1. The molecule has 0 atom stereocenters. The third kappa shape index (κ3) is 4.00. The van der Waals surface area contributed by atoms with Crippen molar-refractivity contribution in [2.45, 2.75) is 0 Å². The van der Waals surface area contributed by atoms with E-state index in [2.05, 4.69) is 11.6 Å². The molecule has 3 N–H and O–H groups in total. The fourth-order valence-corrected chi connectivity index (χ4v) is 0.758. The maximum atomic E-state index is 10.6. The third-order valence-electron chi connectivity index (χ3n) is 1.05. The SMILES string of the molecule is C=C(N=C(C(=O)O)/C(Cl)=C\N)SC. The monoisotopic (exact) mass is 220 g/mol. The minimum atomic E-state index is -1.23. The Morgan fingerprint density at radius 2 is 2.31 bits per heavy atom. The highest BCUT2D eigenvalue weighted by molar-refractivity contribution is 8.02. The van der Waals surface area contributed by atoms with Crippen molar-refractivity contribution in [1.82, 2.24) is 0 Å². The van der Waals surface area contributed by atoms with Gasteiger partial charge < -0.3 is 10.8 Å². The van der Waals surface area contributed by atoms with E-state index in [0.717, 1.165) is 6.20 Å². The van der Waals surface area contributed by atoms with Gasteiger partial charge in [-0.25, -0.2) is 9.79 Å². The Kier molecular flexibility index (Phi) is 5.25. The maximum absolute atomic E-state index is 10.6. The van der Waals surface area contributed by atoms with Crippen LogP contribution < -0.4 is 5.73 Å². The largest absolute Gasteiger partial charge is 0.476 e. The Labute approximate surface area is 85.2 Å². The van der Waals surface area contributed by atoms with E-state index < -0.39 is 5.97 Å². The number of halogens is 1. The van der Waals surface area contributed by atoms with Crippen LogP contribution in [0.2, 0.25) is 0 Å². The zero-order valence-electron chi connectivity index (χ0n) is 6.95. The summed E-state index contributed by atoms with van der Waals surface area (Å²) in [5.74, 6) is -1.23. The maximum Gasteiger partial charge on any atom is 0.356 e. The molecule has 0 amide bonds. The van der Waals surface area contributed by atoms with Crippen LogP contribution in [0.15, 0.2) is 27.8 Å². The predicted molar refractivity (Wildman–Crippen MR) is 55.8 cm³/mol. The van der Waals surface area contributed by atoms with Gasteiger partial charge in [-0.3, -0.25) is 0 Å². The molecular formula is C7H9ClN2O2S. The second kappa shape index (κ2) is 5.66. The summed E-state index contributed by atoms with van der Waals surface area (Å²) in [6.45, 7) is 3.50.